The fourth-order valence-corrected chi connectivity index (χ4v) is 0. The summed E-state index contributed by atoms with van der Waals surface area (Å²) in [5, 5.41) is 0. The fourth-order valence-electron chi connectivity index (χ4n) is 0. The average molecular weight is 1100 g/mol. The minimum atomic E-state index is 0. The Morgan fingerprint density at radius 2 is 0.294 bits per heavy atom. The molecule has 0 bridgehead atoms. The quantitative estimate of drug-likeness (QED) is 0.200. The molecule has 0 spiro atoms. The molecule has 0 N–H and O–H groups in total. The molecule has 0 saturated carbocycles. The third-order valence-corrected chi connectivity index (χ3v) is 0. The van der Waals surface area contributed by atoms with Crippen LogP contribution in [0.25, 0.3) is 0 Å². The Kier molecular flexibility index (Phi) is 2150. The minimum absolute atomic E-state index is 0. The first-order valence-electron chi connectivity index (χ1n) is 0. The van der Waals surface area contributed by atoms with Crippen molar-refractivity contribution in [3.8, 4) is 0 Å². The third kappa shape index (κ3) is 165. The van der Waals surface area contributed by atoms with Gasteiger partial charge in [-0.1, -0.05) is 0 Å². The van der Waals surface area contributed by atoms with Crippen LogP contribution in [0.5, 0.6) is 0 Å². The van der Waals surface area contributed by atoms with Crippen LogP contribution in [0.15, 0.2) is 0 Å². The topological polar surface area (TPSA) is 85.5 Å². The van der Waals surface area contributed by atoms with Crippen molar-refractivity contribution in [1.82, 2.24) is 0 Å². The Balaban J connectivity index is 0. The van der Waals surface area contributed by atoms with E-state index in [1.807, 2.05) is 0 Å². The molecule has 0 unspecified atom stereocenters. The summed E-state index contributed by atoms with van der Waals surface area (Å²) in [7, 11) is 0. The molecule has 0 amide bonds. The minimum Gasteiger partial charge on any atom is -3.00 e. The first-order valence-corrected chi connectivity index (χ1v) is 0. The molecule has 0 aliphatic carbocycles. The summed E-state index contributed by atoms with van der Waals surface area (Å²) in [5.74, 6) is 0. The maximum absolute atomic E-state index is 0. The maximum Gasteiger partial charge on any atom is 3.00 e. The predicted molar refractivity (Wildman–Crippen MR) is 86.1 cm³/mol. The zero-order valence-corrected chi connectivity index (χ0v) is 39.7. The van der Waals surface area contributed by atoms with Gasteiger partial charge in [-0.25, -0.2) is 0 Å². The Morgan fingerprint density at radius 3 is 0.294 bits per heavy atom. The van der Waals surface area contributed by atoms with Crippen molar-refractivity contribution >= 4 is 266 Å². The van der Waals surface area contributed by atoms with Crippen molar-refractivity contribution in [2.75, 3.05) is 0 Å². The van der Waals surface area contributed by atoms with Crippen LogP contribution in [0.3, 0.4) is 0 Å². The normalized spacial score (nSPS) is 0. The van der Waals surface area contributed by atoms with E-state index < -0.39 is 0 Å². The molecule has 0 rings (SSSR count). The van der Waals surface area contributed by atoms with Gasteiger partial charge < -0.3 is 100.0 Å². The summed E-state index contributed by atoms with van der Waals surface area (Å²) in [5.41, 5.74) is 0. The molecule has 17 heavy (non-hydrogen) atoms. The van der Waals surface area contributed by atoms with Gasteiger partial charge in [0, 0.05) is 0 Å². The van der Waals surface area contributed by atoms with Crippen LogP contribution in [0.2, 0.25) is 0 Å². The SMILES string of the molecule is [As-3].[As-3].[As-3].[Ga+3].[Ga+3].[Ga+3].[Ga+3].[In+3].[In+3].[In+3].[In+3].[O-2].[O-2].[O-2].[P-3].[P-3].[P-3]. The molecule has 0 heterocycles. The molecular formula is As3Ga4In4O3P3. The number of hydrogen-bond acceptors (Lipinski definition) is 0. The van der Waals surface area contributed by atoms with E-state index in [1.165, 1.54) is 0 Å². The van der Waals surface area contributed by atoms with Crippen LogP contribution < -0.4 is 0 Å². The van der Waals surface area contributed by atoms with E-state index in [2.05, 4.69) is 0 Å². The first kappa shape index (κ1) is 203. The van der Waals surface area contributed by atoms with Gasteiger partial charge in [0.05, 0.1) is 0 Å². The van der Waals surface area contributed by atoms with Gasteiger partial charge in [-0.3, -0.25) is 0 Å². The van der Waals surface area contributed by atoms with Crippen molar-refractivity contribution in [2.24, 2.45) is 0 Å². The van der Waals surface area contributed by atoms with Crippen molar-refractivity contribution in [2.45, 2.75) is 0 Å². The molecule has 0 fully saturated rings. The molecule has 0 aromatic carbocycles. The van der Waals surface area contributed by atoms with Crippen LogP contribution in [-0.2, 0) is 16.4 Å². The summed E-state index contributed by atoms with van der Waals surface area (Å²) in [4.78, 5) is 0. The van der Waals surface area contributed by atoms with Gasteiger partial charge in [0.1, 0.15) is 0 Å². The molecule has 3 nitrogen and oxygen atoms in total. The second-order valence-corrected chi connectivity index (χ2v) is 0. The van der Waals surface area contributed by atoms with Crippen LogP contribution in [-0.4, -0.2) is 236 Å². The summed E-state index contributed by atoms with van der Waals surface area (Å²) in [6.07, 6.45) is 0. The molecule has 0 radical (unpaired) electrons. The Morgan fingerprint density at radius 1 is 0.294 bits per heavy atom. The van der Waals surface area contributed by atoms with Crippen molar-refractivity contribution in [3.63, 3.8) is 0 Å². The summed E-state index contributed by atoms with van der Waals surface area (Å²) in [6.45, 7) is 0. The monoisotopic (exact) mass is 1100 g/mol. The van der Waals surface area contributed by atoms with Crippen molar-refractivity contribution in [3.05, 3.63) is 0 Å². The van der Waals surface area contributed by atoms with Crippen LogP contribution in [0, 0.1) is 0 Å². The fraction of sp³-hybridized carbons (Fsp3) is 0. The van der Waals surface area contributed by atoms with E-state index in [9.17, 15) is 0 Å². The molecule has 0 aromatic heterocycles. The van der Waals surface area contributed by atoms with Crippen LogP contribution in [0.1, 0.15) is 0 Å². The standard InChI is InChI=1S/3As.4Ga.4In.3O.3P/q3*-3;8*+3;3*-2;3*-3. The first-order chi connectivity index (χ1) is 0. The average Bonchev–Trinajstić information content (AvgIpc) is 0. The molecule has 0 aromatic rings. The van der Waals surface area contributed by atoms with Crippen molar-refractivity contribution < 1.29 is 16.4 Å². The van der Waals surface area contributed by atoms with Crippen LogP contribution in [0.4, 0.5) is 0 Å². The second kappa shape index (κ2) is 180. The molecular weight excluding hydrogens is 1100 g/mol. The maximum atomic E-state index is 0. The van der Waals surface area contributed by atoms with Gasteiger partial charge in [0.2, 0.25) is 0 Å². The van der Waals surface area contributed by atoms with Gasteiger partial charge in [-0.15, -0.1) is 0 Å². The van der Waals surface area contributed by atoms with Gasteiger partial charge in [0.15, 0.2) is 0 Å². The molecule has 0 aliphatic rings. The van der Waals surface area contributed by atoms with E-state index in [0.717, 1.165) is 0 Å². The van der Waals surface area contributed by atoms with Gasteiger partial charge in [-0.05, 0) is 0 Å². The predicted octanol–water partition coefficient (Wildman–Crippen LogP) is -1.96. The van der Waals surface area contributed by atoms with Gasteiger partial charge >= 0.3 is 183 Å². The summed E-state index contributed by atoms with van der Waals surface area (Å²) < 4.78 is 0. The van der Waals surface area contributed by atoms with Gasteiger partial charge in [-0.2, -0.15) is 0 Å². The van der Waals surface area contributed by atoms with E-state index in [4.69, 9.17) is 0 Å². The second-order valence-electron chi connectivity index (χ2n) is 0. The molecule has 0 aliphatic heterocycles. The largest absolute Gasteiger partial charge is 3.00 e. The van der Waals surface area contributed by atoms with E-state index >= 15 is 0 Å². The molecule has 0 atom stereocenters. The number of rotatable bonds is 0. The van der Waals surface area contributed by atoms with Crippen molar-refractivity contribution in [1.29, 1.82) is 0 Å². The van der Waals surface area contributed by atoms with E-state index in [0.29, 0.717) is 0 Å². The Hall–Kier alpha value is 8.87. The Labute approximate surface area is 276 Å². The van der Waals surface area contributed by atoms with E-state index in [1.54, 1.807) is 0 Å². The smallest absolute Gasteiger partial charge is 3.00 e. The summed E-state index contributed by atoms with van der Waals surface area (Å²) >= 11 is 0. The number of hydrogen-bond donors (Lipinski definition) is 0. The summed E-state index contributed by atoms with van der Waals surface area (Å²) in [6, 6.07) is 0. The van der Waals surface area contributed by atoms with E-state index in [-0.39, 0.29) is 283 Å². The molecule has 72 valence electrons. The zero-order valence-electron chi connectivity index (χ0n) is 8.53. The molecule has 0 saturated heterocycles. The Bertz CT molecular complexity index is 39.2. The molecule has 17 heteroatoms. The van der Waals surface area contributed by atoms with Gasteiger partial charge in [0.25, 0.3) is 0 Å². The van der Waals surface area contributed by atoms with Crippen LogP contribution >= 0.6 is 29.7 Å². The zero-order chi connectivity index (χ0) is 0. The third-order valence-electron chi connectivity index (χ3n) is 0.